The monoisotopic (exact) mass is 301 g/mol. The molecule has 2 aromatic carbocycles. The molecule has 0 atom stereocenters. The summed E-state index contributed by atoms with van der Waals surface area (Å²) in [4.78, 5) is -0.185. The van der Waals surface area contributed by atoms with Crippen molar-refractivity contribution in [1.82, 2.24) is 0 Å². The molecule has 3 rings (SSSR count). The summed E-state index contributed by atoms with van der Waals surface area (Å²) in [6, 6.07) is 17.7. The molecule has 1 aromatic heterocycles. The van der Waals surface area contributed by atoms with Gasteiger partial charge in [-0.2, -0.15) is 0 Å². The molecule has 0 aliphatic heterocycles. The van der Waals surface area contributed by atoms with Gasteiger partial charge >= 0.3 is 0 Å². The predicted molar refractivity (Wildman–Crippen MR) is 79.5 cm³/mol. The zero-order valence-corrected chi connectivity index (χ0v) is 12.3. The van der Waals surface area contributed by atoms with Crippen LogP contribution in [0.3, 0.4) is 0 Å². The molecule has 0 amide bonds. The smallest absolute Gasteiger partial charge is 0.176 e. The quantitative estimate of drug-likeness (QED) is 0.511. The topological polar surface area (TPSA) is 61.1 Å². The van der Waals surface area contributed by atoms with E-state index in [9.17, 15) is 13.0 Å². The standard InChI is InChI=1S/C10H10N.C6H6O3S/c1-11-7-6-9-4-2-3-5-10(9)8-11;7-10(8,9)6-4-2-1-3-5-6/h2-8H,1H3;1-5H,(H,7,8,9)/q+1;/p-1. The van der Waals surface area contributed by atoms with E-state index in [0.29, 0.717) is 0 Å². The molecule has 0 spiro atoms. The van der Waals surface area contributed by atoms with Gasteiger partial charge in [-0.15, -0.1) is 0 Å². The molecule has 5 heteroatoms. The molecular formula is C16H15NO3S. The van der Waals surface area contributed by atoms with E-state index < -0.39 is 10.1 Å². The maximum Gasteiger partial charge on any atom is 0.176 e. The molecule has 0 saturated heterocycles. The van der Waals surface area contributed by atoms with E-state index in [4.69, 9.17) is 0 Å². The highest BCUT2D eigenvalue weighted by atomic mass is 32.2. The van der Waals surface area contributed by atoms with Crippen molar-refractivity contribution >= 4 is 20.9 Å². The molecule has 0 bridgehead atoms. The van der Waals surface area contributed by atoms with Gasteiger partial charge in [-0.25, -0.2) is 13.0 Å². The normalized spacial score (nSPS) is 10.8. The average Bonchev–Trinajstić information content (AvgIpc) is 2.48. The second-order valence-electron chi connectivity index (χ2n) is 4.51. The van der Waals surface area contributed by atoms with Crippen molar-refractivity contribution in [2.75, 3.05) is 0 Å². The van der Waals surface area contributed by atoms with Crippen LogP contribution >= 0.6 is 0 Å². The molecule has 1 heterocycles. The number of aryl methyl sites for hydroxylation is 1. The molecule has 4 nitrogen and oxygen atoms in total. The Hall–Kier alpha value is -2.24. The van der Waals surface area contributed by atoms with Crippen LogP contribution in [0.25, 0.3) is 10.8 Å². The van der Waals surface area contributed by atoms with Crippen LogP contribution in [0.2, 0.25) is 0 Å². The molecule has 0 aliphatic rings. The van der Waals surface area contributed by atoms with E-state index in [1.165, 1.54) is 35.0 Å². The van der Waals surface area contributed by atoms with Crippen LogP contribution in [0.4, 0.5) is 0 Å². The van der Waals surface area contributed by atoms with Crippen molar-refractivity contribution in [1.29, 1.82) is 0 Å². The Labute approximate surface area is 124 Å². The summed E-state index contributed by atoms with van der Waals surface area (Å²) in [5.74, 6) is 0. The van der Waals surface area contributed by atoms with Crippen molar-refractivity contribution in [3.8, 4) is 0 Å². The fourth-order valence-electron chi connectivity index (χ4n) is 1.83. The predicted octanol–water partition coefficient (Wildman–Crippen LogP) is 2.25. The highest BCUT2D eigenvalue weighted by molar-refractivity contribution is 7.85. The Bertz CT molecular complexity index is 830. The summed E-state index contributed by atoms with van der Waals surface area (Å²) < 4.78 is 32.9. The van der Waals surface area contributed by atoms with Gasteiger partial charge in [-0.1, -0.05) is 36.4 Å². The number of pyridine rings is 1. The molecule has 108 valence electrons. The first-order valence-corrected chi connectivity index (χ1v) is 7.72. The van der Waals surface area contributed by atoms with Crippen molar-refractivity contribution < 1.29 is 17.5 Å². The Morgan fingerprint density at radius 1 is 0.857 bits per heavy atom. The number of aromatic nitrogens is 1. The fraction of sp³-hybridized carbons (Fsp3) is 0.0625. The largest absolute Gasteiger partial charge is 0.744 e. The van der Waals surface area contributed by atoms with Crippen LogP contribution in [0, 0.1) is 0 Å². The Balaban J connectivity index is 0.000000155. The van der Waals surface area contributed by atoms with Gasteiger partial charge in [0.15, 0.2) is 12.4 Å². The summed E-state index contributed by atoms with van der Waals surface area (Å²) in [5, 5.41) is 2.59. The number of fused-ring (bicyclic) bond motifs is 1. The number of rotatable bonds is 1. The summed E-state index contributed by atoms with van der Waals surface area (Å²) in [7, 11) is -2.22. The first-order valence-electron chi connectivity index (χ1n) is 6.32. The fourth-order valence-corrected chi connectivity index (χ4v) is 2.32. The maximum absolute atomic E-state index is 10.3. The van der Waals surface area contributed by atoms with Gasteiger partial charge in [0, 0.05) is 11.5 Å². The van der Waals surface area contributed by atoms with Gasteiger partial charge in [0.05, 0.1) is 4.90 Å². The molecular weight excluding hydrogens is 286 g/mol. The van der Waals surface area contributed by atoms with E-state index in [0.717, 1.165) is 0 Å². The lowest BCUT2D eigenvalue weighted by Gasteiger charge is -2.04. The summed E-state index contributed by atoms with van der Waals surface area (Å²) in [6.07, 6.45) is 4.18. The summed E-state index contributed by atoms with van der Waals surface area (Å²) in [5.41, 5.74) is 0. The molecule has 0 saturated carbocycles. The van der Waals surface area contributed by atoms with Crippen molar-refractivity contribution in [2.45, 2.75) is 4.90 Å². The van der Waals surface area contributed by atoms with Crippen molar-refractivity contribution in [3.63, 3.8) is 0 Å². The second kappa shape index (κ2) is 6.47. The van der Waals surface area contributed by atoms with Crippen LogP contribution in [0.1, 0.15) is 0 Å². The molecule has 0 N–H and O–H groups in total. The van der Waals surface area contributed by atoms with E-state index >= 15 is 0 Å². The molecule has 0 fully saturated rings. The van der Waals surface area contributed by atoms with Crippen LogP contribution in [0.15, 0.2) is 78.0 Å². The molecule has 0 aliphatic carbocycles. The van der Waals surface area contributed by atoms with Crippen molar-refractivity contribution in [2.24, 2.45) is 7.05 Å². The zero-order valence-electron chi connectivity index (χ0n) is 11.5. The van der Waals surface area contributed by atoms with Gasteiger partial charge < -0.3 is 4.55 Å². The lowest BCUT2D eigenvalue weighted by molar-refractivity contribution is -0.670. The average molecular weight is 301 g/mol. The summed E-state index contributed by atoms with van der Waals surface area (Å²) >= 11 is 0. The van der Waals surface area contributed by atoms with Gasteiger partial charge in [0.25, 0.3) is 0 Å². The maximum atomic E-state index is 10.3. The highest BCUT2D eigenvalue weighted by Gasteiger charge is 1.96. The lowest BCUT2D eigenvalue weighted by Crippen LogP contribution is -2.25. The van der Waals surface area contributed by atoms with E-state index in [2.05, 4.69) is 47.3 Å². The van der Waals surface area contributed by atoms with E-state index in [1.807, 2.05) is 7.05 Å². The Morgan fingerprint density at radius 3 is 2.00 bits per heavy atom. The van der Waals surface area contributed by atoms with E-state index in [1.54, 1.807) is 6.07 Å². The Morgan fingerprint density at radius 2 is 1.43 bits per heavy atom. The lowest BCUT2D eigenvalue weighted by atomic mass is 10.2. The first kappa shape index (κ1) is 15.2. The third-order valence-corrected chi connectivity index (χ3v) is 3.71. The van der Waals surface area contributed by atoms with Crippen LogP contribution in [-0.4, -0.2) is 13.0 Å². The molecule has 0 unspecified atom stereocenters. The number of hydrogen-bond donors (Lipinski definition) is 0. The minimum Gasteiger partial charge on any atom is -0.744 e. The Kier molecular flexibility index (Phi) is 4.67. The first-order chi connectivity index (χ1) is 9.97. The van der Waals surface area contributed by atoms with Crippen LogP contribution in [-0.2, 0) is 17.2 Å². The summed E-state index contributed by atoms with van der Waals surface area (Å²) in [6.45, 7) is 0. The SMILES string of the molecule is C[n+]1ccc2ccccc2c1.O=S(=O)([O-])c1ccccc1. The zero-order chi connectivity index (χ0) is 15.3. The van der Waals surface area contributed by atoms with Crippen molar-refractivity contribution in [3.05, 3.63) is 73.1 Å². The van der Waals surface area contributed by atoms with Gasteiger partial charge in [0.1, 0.15) is 17.2 Å². The van der Waals surface area contributed by atoms with Gasteiger partial charge in [-0.05, 0) is 23.6 Å². The second-order valence-corrected chi connectivity index (χ2v) is 5.89. The van der Waals surface area contributed by atoms with Gasteiger partial charge in [0.2, 0.25) is 0 Å². The van der Waals surface area contributed by atoms with Crippen LogP contribution in [0.5, 0.6) is 0 Å². The minimum atomic E-state index is -4.25. The number of hydrogen-bond acceptors (Lipinski definition) is 3. The molecule has 21 heavy (non-hydrogen) atoms. The van der Waals surface area contributed by atoms with Crippen LogP contribution < -0.4 is 4.57 Å². The molecule has 3 aromatic rings. The number of nitrogens with zero attached hydrogens (tertiary/aromatic N) is 1. The highest BCUT2D eigenvalue weighted by Crippen LogP contribution is 2.08. The van der Waals surface area contributed by atoms with Gasteiger partial charge in [-0.3, -0.25) is 0 Å². The third kappa shape index (κ3) is 4.37. The minimum absolute atomic E-state index is 0.185. The number of benzene rings is 2. The van der Waals surface area contributed by atoms with E-state index in [-0.39, 0.29) is 4.90 Å². The third-order valence-electron chi connectivity index (χ3n) is 2.86. The molecule has 0 radical (unpaired) electrons.